The lowest BCUT2D eigenvalue weighted by Crippen LogP contribution is -2.48. The molecule has 3 heterocycles. The predicted molar refractivity (Wildman–Crippen MR) is 86.5 cm³/mol. The summed E-state index contributed by atoms with van der Waals surface area (Å²) in [6.45, 7) is 9.08. The van der Waals surface area contributed by atoms with Gasteiger partial charge in [0.05, 0.1) is 25.9 Å². The average Bonchev–Trinajstić information content (AvgIpc) is 3.11. The van der Waals surface area contributed by atoms with Gasteiger partial charge in [0.1, 0.15) is 6.61 Å². The van der Waals surface area contributed by atoms with E-state index in [1.807, 2.05) is 0 Å². The number of hydrogen-bond donors (Lipinski definition) is 0. The molecular weight excluding hydrogens is 296 g/mol. The average molecular weight is 326 g/mol. The van der Waals surface area contributed by atoms with Gasteiger partial charge in [-0.05, 0) is 46.1 Å². The van der Waals surface area contributed by atoms with Crippen molar-refractivity contribution < 1.29 is 19.0 Å². The maximum absolute atomic E-state index is 12.1. The minimum absolute atomic E-state index is 0.181. The van der Waals surface area contributed by atoms with E-state index in [0.29, 0.717) is 39.0 Å². The van der Waals surface area contributed by atoms with Crippen molar-refractivity contribution in [3.05, 3.63) is 0 Å². The van der Waals surface area contributed by atoms with Crippen LogP contribution in [0, 0.1) is 0 Å². The van der Waals surface area contributed by atoms with Gasteiger partial charge in [-0.25, -0.2) is 4.79 Å². The van der Waals surface area contributed by atoms with E-state index in [9.17, 15) is 4.79 Å². The quantitative estimate of drug-likeness (QED) is 0.772. The first-order chi connectivity index (χ1) is 11.1. The van der Waals surface area contributed by atoms with Gasteiger partial charge in [-0.15, -0.1) is 0 Å². The Balaban J connectivity index is 1.50. The van der Waals surface area contributed by atoms with Crippen molar-refractivity contribution in [3.8, 4) is 0 Å². The Hall–Kier alpha value is -0.850. The number of amides is 1. The van der Waals surface area contributed by atoms with Crippen molar-refractivity contribution >= 4 is 6.09 Å². The molecule has 23 heavy (non-hydrogen) atoms. The fourth-order valence-corrected chi connectivity index (χ4v) is 4.12. The van der Waals surface area contributed by atoms with Crippen LogP contribution in [0.25, 0.3) is 0 Å². The highest BCUT2D eigenvalue weighted by Gasteiger charge is 2.49. The lowest BCUT2D eigenvalue weighted by molar-refractivity contribution is -0.0155. The zero-order chi connectivity index (χ0) is 16.3. The Kier molecular flexibility index (Phi) is 5.44. The molecule has 6 heteroatoms. The minimum Gasteiger partial charge on any atom is -0.448 e. The van der Waals surface area contributed by atoms with E-state index in [2.05, 4.69) is 18.7 Å². The highest BCUT2D eigenvalue weighted by Crippen LogP contribution is 2.42. The molecule has 3 fully saturated rings. The third-order valence-electron chi connectivity index (χ3n) is 5.39. The molecule has 0 spiro atoms. The van der Waals surface area contributed by atoms with E-state index < -0.39 is 0 Å². The number of carbonyl (C=O) groups excluding carboxylic acids is 1. The topological polar surface area (TPSA) is 51.2 Å². The number of fused-ring (bicyclic) bond motifs is 1. The molecule has 3 aliphatic rings. The molecule has 0 aliphatic carbocycles. The second-order valence-electron chi connectivity index (χ2n) is 7.25. The number of rotatable bonds is 5. The van der Waals surface area contributed by atoms with E-state index in [4.69, 9.17) is 14.2 Å². The second-order valence-corrected chi connectivity index (χ2v) is 7.25. The number of nitrogens with zero attached hydrogens (tertiary/aromatic N) is 2. The van der Waals surface area contributed by atoms with E-state index in [-0.39, 0.29) is 17.7 Å². The summed E-state index contributed by atoms with van der Waals surface area (Å²) in [5.74, 6) is 0. The van der Waals surface area contributed by atoms with Crippen LogP contribution in [0.3, 0.4) is 0 Å². The Morgan fingerprint density at radius 2 is 2.04 bits per heavy atom. The molecule has 0 N–H and O–H groups in total. The summed E-state index contributed by atoms with van der Waals surface area (Å²) >= 11 is 0. The molecule has 0 bridgehead atoms. The molecular formula is C17H30N2O4. The zero-order valence-corrected chi connectivity index (χ0v) is 14.5. The molecule has 2 unspecified atom stereocenters. The second kappa shape index (κ2) is 7.36. The van der Waals surface area contributed by atoms with Crippen LogP contribution in [0.1, 0.15) is 39.5 Å². The SMILES string of the molecule is CC(C)OCC12CCCN1C(COC(=O)N1CCOCC1)CC2. The van der Waals surface area contributed by atoms with Crippen LogP contribution in [-0.4, -0.2) is 79.6 Å². The first-order valence-electron chi connectivity index (χ1n) is 8.98. The molecule has 0 saturated carbocycles. The highest BCUT2D eigenvalue weighted by atomic mass is 16.6. The van der Waals surface area contributed by atoms with Crippen LogP contribution < -0.4 is 0 Å². The monoisotopic (exact) mass is 326 g/mol. The van der Waals surface area contributed by atoms with Crippen LogP contribution in [0.2, 0.25) is 0 Å². The fraction of sp³-hybridized carbons (Fsp3) is 0.941. The summed E-state index contributed by atoms with van der Waals surface area (Å²) in [6.07, 6.45) is 4.74. The summed E-state index contributed by atoms with van der Waals surface area (Å²) in [6, 6.07) is 0.346. The van der Waals surface area contributed by atoms with Crippen molar-refractivity contribution in [1.82, 2.24) is 9.80 Å². The molecule has 0 aromatic heterocycles. The molecule has 0 radical (unpaired) electrons. The summed E-state index contributed by atoms with van der Waals surface area (Å²) in [4.78, 5) is 16.4. The minimum atomic E-state index is -0.191. The number of morpholine rings is 1. The molecule has 0 aromatic rings. The van der Waals surface area contributed by atoms with Crippen molar-refractivity contribution in [2.75, 3.05) is 46.1 Å². The molecule has 1 amide bonds. The summed E-state index contributed by atoms with van der Waals surface area (Å²) in [5, 5.41) is 0. The lowest BCUT2D eigenvalue weighted by Gasteiger charge is -2.35. The number of hydrogen-bond acceptors (Lipinski definition) is 5. The highest BCUT2D eigenvalue weighted by molar-refractivity contribution is 5.67. The Morgan fingerprint density at radius 3 is 2.78 bits per heavy atom. The van der Waals surface area contributed by atoms with E-state index >= 15 is 0 Å². The van der Waals surface area contributed by atoms with Crippen LogP contribution in [-0.2, 0) is 14.2 Å². The Bertz CT molecular complexity index is 411. The predicted octanol–water partition coefficient (Wildman–Crippen LogP) is 1.88. The molecule has 3 rings (SSSR count). The van der Waals surface area contributed by atoms with Gasteiger partial charge in [-0.2, -0.15) is 0 Å². The molecule has 3 aliphatic heterocycles. The summed E-state index contributed by atoms with van der Waals surface area (Å²) in [7, 11) is 0. The van der Waals surface area contributed by atoms with Gasteiger partial charge in [0, 0.05) is 24.7 Å². The largest absolute Gasteiger partial charge is 0.448 e. The fourth-order valence-electron chi connectivity index (χ4n) is 4.12. The van der Waals surface area contributed by atoms with E-state index in [0.717, 1.165) is 26.0 Å². The van der Waals surface area contributed by atoms with Gasteiger partial charge in [-0.1, -0.05) is 0 Å². The molecule has 6 nitrogen and oxygen atoms in total. The molecule has 0 aromatic carbocycles. The van der Waals surface area contributed by atoms with Gasteiger partial charge in [-0.3, -0.25) is 4.90 Å². The first-order valence-corrected chi connectivity index (χ1v) is 8.98. The molecule has 3 saturated heterocycles. The first kappa shape index (κ1) is 17.0. The van der Waals surface area contributed by atoms with Gasteiger partial charge in [0.2, 0.25) is 0 Å². The van der Waals surface area contributed by atoms with E-state index in [1.54, 1.807) is 4.90 Å². The zero-order valence-electron chi connectivity index (χ0n) is 14.5. The van der Waals surface area contributed by atoms with Gasteiger partial charge >= 0.3 is 6.09 Å². The standard InChI is InChI=1S/C17H30N2O4/c1-14(2)23-13-17-5-3-7-19(17)15(4-6-17)12-22-16(20)18-8-10-21-11-9-18/h14-15H,3-13H2,1-2H3. The number of ether oxygens (including phenoxy) is 3. The van der Waals surface area contributed by atoms with Crippen molar-refractivity contribution in [2.24, 2.45) is 0 Å². The molecule has 132 valence electrons. The molecule has 2 atom stereocenters. The van der Waals surface area contributed by atoms with Crippen LogP contribution in [0.5, 0.6) is 0 Å². The Morgan fingerprint density at radius 1 is 1.26 bits per heavy atom. The van der Waals surface area contributed by atoms with Crippen LogP contribution in [0.15, 0.2) is 0 Å². The third kappa shape index (κ3) is 3.80. The van der Waals surface area contributed by atoms with Crippen LogP contribution >= 0.6 is 0 Å². The maximum Gasteiger partial charge on any atom is 0.409 e. The number of carbonyl (C=O) groups is 1. The van der Waals surface area contributed by atoms with Gasteiger partial charge in [0.15, 0.2) is 0 Å². The normalized spacial score (nSPS) is 31.6. The van der Waals surface area contributed by atoms with Gasteiger partial charge in [0.25, 0.3) is 0 Å². The van der Waals surface area contributed by atoms with Crippen molar-refractivity contribution in [2.45, 2.75) is 57.2 Å². The smallest absolute Gasteiger partial charge is 0.409 e. The van der Waals surface area contributed by atoms with Crippen molar-refractivity contribution in [1.29, 1.82) is 0 Å². The maximum atomic E-state index is 12.1. The third-order valence-corrected chi connectivity index (χ3v) is 5.39. The summed E-state index contributed by atoms with van der Waals surface area (Å²) in [5.41, 5.74) is 0.181. The Labute approximate surface area is 139 Å². The van der Waals surface area contributed by atoms with Crippen molar-refractivity contribution in [3.63, 3.8) is 0 Å². The summed E-state index contributed by atoms with van der Waals surface area (Å²) < 4.78 is 16.8. The lowest BCUT2D eigenvalue weighted by atomic mass is 9.95. The van der Waals surface area contributed by atoms with E-state index in [1.165, 1.54) is 12.8 Å². The van der Waals surface area contributed by atoms with Crippen LogP contribution in [0.4, 0.5) is 4.79 Å². The van der Waals surface area contributed by atoms with Gasteiger partial charge < -0.3 is 19.1 Å².